The Balaban J connectivity index is 1.78. The molecular formula is C18H21ClN4O2. The quantitative estimate of drug-likeness (QED) is 0.888. The Morgan fingerprint density at radius 1 is 1.36 bits per heavy atom. The van der Waals surface area contributed by atoms with Crippen molar-refractivity contribution in [3.8, 4) is 11.6 Å². The Kier molecular flexibility index (Phi) is 5.83. The highest BCUT2D eigenvalue weighted by atomic mass is 35.5. The second-order valence-corrected chi connectivity index (χ2v) is 6.43. The number of nitrogens with zero attached hydrogens (tertiary/aromatic N) is 3. The fourth-order valence-electron chi connectivity index (χ4n) is 3.03. The number of amides is 1. The molecule has 0 radical (unpaired) electrons. The van der Waals surface area contributed by atoms with Crippen LogP contribution in [0.4, 0.5) is 0 Å². The van der Waals surface area contributed by atoms with Gasteiger partial charge in [-0.15, -0.1) is 0 Å². The molecule has 1 aliphatic heterocycles. The van der Waals surface area contributed by atoms with Crippen molar-refractivity contribution in [2.24, 2.45) is 0 Å². The van der Waals surface area contributed by atoms with Crippen LogP contribution < -0.4 is 10.1 Å². The first-order chi connectivity index (χ1) is 12.2. The summed E-state index contributed by atoms with van der Waals surface area (Å²) >= 11 is 6.18. The van der Waals surface area contributed by atoms with Crippen LogP contribution in [-0.4, -0.2) is 47.5 Å². The van der Waals surface area contributed by atoms with Gasteiger partial charge in [0.25, 0.3) is 0 Å². The highest BCUT2D eigenvalue weighted by Crippen LogP contribution is 2.34. The largest absolute Gasteiger partial charge is 0.436 e. The van der Waals surface area contributed by atoms with E-state index < -0.39 is 0 Å². The van der Waals surface area contributed by atoms with E-state index in [1.165, 1.54) is 0 Å². The van der Waals surface area contributed by atoms with Crippen molar-refractivity contribution in [3.63, 3.8) is 0 Å². The third kappa shape index (κ3) is 4.46. The molecule has 1 amide bonds. The number of carbonyl (C=O) groups is 1. The Bertz CT molecular complexity index is 741. The number of halogens is 1. The van der Waals surface area contributed by atoms with Crippen molar-refractivity contribution in [2.45, 2.75) is 18.8 Å². The topological polar surface area (TPSA) is 67.4 Å². The molecule has 0 spiro atoms. The van der Waals surface area contributed by atoms with Gasteiger partial charge in [0, 0.05) is 31.9 Å². The maximum Gasteiger partial charge on any atom is 0.241 e. The summed E-state index contributed by atoms with van der Waals surface area (Å²) in [6.07, 6.45) is 5.28. The fraction of sp³-hybridized carbons (Fsp3) is 0.389. The molecular weight excluding hydrogens is 340 g/mol. The zero-order valence-electron chi connectivity index (χ0n) is 14.1. The number of hydrogen-bond acceptors (Lipinski definition) is 5. The van der Waals surface area contributed by atoms with Crippen LogP contribution in [0.25, 0.3) is 0 Å². The van der Waals surface area contributed by atoms with Crippen LogP contribution in [0.1, 0.15) is 24.5 Å². The molecule has 1 aromatic heterocycles. The maximum atomic E-state index is 11.6. The van der Waals surface area contributed by atoms with E-state index in [0.717, 1.165) is 31.6 Å². The van der Waals surface area contributed by atoms with Gasteiger partial charge in [0.05, 0.1) is 11.6 Å². The first kappa shape index (κ1) is 17.6. The molecule has 7 heteroatoms. The predicted molar refractivity (Wildman–Crippen MR) is 96.0 cm³/mol. The van der Waals surface area contributed by atoms with E-state index in [2.05, 4.69) is 20.2 Å². The molecule has 0 saturated carbocycles. The number of benzene rings is 1. The highest BCUT2D eigenvalue weighted by molar-refractivity contribution is 6.32. The molecule has 3 rings (SSSR count). The molecule has 1 fully saturated rings. The van der Waals surface area contributed by atoms with Crippen molar-refractivity contribution in [3.05, 3.63) is 47.4 Å². The number of hydrogen-bond donors (Lipinski definition) is 1. The van der Waals surface area contributed by atoms with Crippen molar-refractivity contribution in [2.75, 3.05) is 26.7 Å². The van der Waals surface area contributed by atoms with Gasteiger partial charge in [-0.2, -0.15) is 0 Å². The minimum Gasteiger partial charge on any atom is -0.436 e. The summed E-state index contributed by atoms with van der Waals surface area (Å²) in [6.45, 7) is 2.06. The van der Waals surface area contributed by atoms with Gasteiger partial charge in [-0.1, -0.05) is 23.7 Å². The average Bonchev–Trinajstić information content (AvgIpc) is 2.64. The molecule has 0 aliphatic carbocycles. The molecule has 1 aromatic carbocycles. The Labute approximate surface area is 152 Å². The van der Waals surface area contributed by atoms with E-state index in [0.29, 0.717) is 23.2 Å². The number of ether oxygens (including phenoxy) is 1. The predicted octanol–water partition coefficient (Wildman–Crippen LogP) is 2.85. The molecule has 1 saturated heterocycles. The lowest BCUT2D eigenvalue weighted by atomic mass is 9.94. The van der Waals surface area contributed by atoms with Gasteiger partial charge >= 0.3 is 0 Å². The summed E-state index contributed by atoms with van der Waals surface area (Å²) in [6, 6.07) is 7.30. The van der Waals surface area contributed by atoms with Crippen LogP contribution in [0.5, 0.6) is 11.6 Å². The van der Waals surface area contributed by atoms with E-state index in [1.807, 2.05) is 12.1 Å². The summed E-state index contributed by atoms with van der Waals surface area (Å²) in [5, 5.41) is 3.20. The van der Waals surface area contributed by atoms with Crippen LogP contribution in [0.3, 0.4) is 0 Å². The summed E-state index contributed by atoms with van der Waals surface area (Å²) in [4.78, 5) is 22.6. The lowest BCUT2D eigenvalue weighted by molar-refractivity contribution is -0.122. The van der Waals surface area contributed by atoms with Crippen LogP contribution in [-0.2, 0) is 4.79 Å². The molecule has 6 nitrogen and oxygen atoms in total. The third-order valence-corrected chi connectivity index (χ3v) is 4.58. The monoisotopic (exact) mass is 360 g/mol. The minimum absolute atomic E-state index is 0.0207. The van der Waals surface area contributed by atoms with Crippen molar-refractivity contribution in [1.29, 1.82) is 0 Å². The summed E-state index contributed by atoms with van der Waals surface area (Å²) < 4.78 is 5.93. The number of likely N-dealkylation sites (N-methyl/N-ethyl adjacent to an activating group) is 1. The molecule has 1 N–H and O–H groups in total. The van der Waals surface area contributed by atoms with Gasteiger partial charge in [-0.25, -0.2) is 4.98 Å². The zero-order chi connectivity index (χ0) is 17.6. The highest BCUT2D eigenvalue weighted by Gasteiger charge is 2.27. The smallest absolute Gasteiger partial charge is 0.241 e. The first-order valence-electron chi connectivity index (χ1n) is 8.33. The number of para-hydroxylation sites is 1. The number of aromatic nitrogens is 2. The third-order valence-electron chi connectivity index (χ3n) is 4.27. The summed E-state index contributed by atoms with van der Waals surface area (Å²) in [5.74, 6) is 1.23. The van der Waals surface area contributed by atoms with Crippen LogP contribution in [0, 0.1) is 0 Å². The Hall–Kier alpha value is -2.18. The number of nitrogens with one attached hydrogen (secondary N) is 1. The number of piperidine rings is 1. The molecule has 1 aliphatic rings. The molecule has 1 atom stereocenters. The first-order valence-corrected chi connectivity index (χ1v) is 8.71. The van der Waals surface area contributed by atoms with Gasteiger partial charge in [-0.05, 0) is 31.5 Å². The molecule has 2 aromatic rings. The van der Waals surface area contributed by atoms with Crippen molar-refractivity contribution >= 4 is 17.5 Å². The van der Waals surface area contributed by atoms with Gasteiger partial charge in [0.15, 0.2) is 0 Å². The second kappa shape index (κ2) is 8.27. The molecule has 1 unspecified atom stereocenters. The van der Waals surface area contributed by atoms with Gasteiger partial charge in [0.1, 0.15) is 11.4 Å². The standard InChI is InChI=1S/C18H21ClN4O2/c1-20-16(24)12-23-10-4-5-13(11-23)17-18(22-9-8-21-17)25-15-7-3-2-6-14(15)19/h2-3,6-9,13H,4-5,10-12H2,1H3,(H,20,24). The van der Waals surface area contributed by atoms with E-state index in [-0.39, 0.29) is 11.8 Å². The number of rotatable bonds is 5. The van der Waals surface area contributed by atoms with Crippen LogP contribution in [0.15, 0.2) is 36.7 Å². The fourth-order valence-corrected chi connectivity index (χ4v) is 3.21. The lowest BCUT2D eigenvalue weighted by Gasteiger charge is -2.32. The normalized spacial score (nSPS) is 17.9. The summed E-state index contributed by atoms with van der Waals surface area (Å²) in [7, 11) is 1.65. The van der Waals surface area contributed by atoms with E-state index in [4.69, 9.17) is 16.3 Å². The molecule has 0 bridgehead atoms. The molecule has 132 valence electrons. The zero-order valence-corrected chi connectivity index (χ0v) is 14.9. The van der Waals surface area contributed by atoms with Crippen molar-refractivity contribution < 1.29 is 9.53 Å². The molecule has 2 heterocycles. The van der Waals surface area contributed by atoms with E-state index >= 15 is 0 Å². The SMILES string of the molecule is CNC(=O)CN1CCCC(c2nccnc2Oc2ccccc2Cl)C1. The summed E-state index contributed by atoms with van der Waals surface area (Å²) in [5.41, 5.74) is 0.809. The minimum atomic E-state index is 0.0207. The Morgan fingerprint density at radius 2 is 2.16 bits per heavy atom. The lowest BCUT2D eigenvalue weighted by Crippen LogP contribution is -2.41. The van der Waals surface area contributed by atoms with Gasteiger partial charge in [-0.3, -0.25) is 14.7 Å². The van der Waals surface area contributed by atoms with E-state index in [9.17, 15) is 4.79 Å². The number of carbonyl (C=O) groups excluding carboxylic acids is 1. The van der Waals surface area contributed by atoms with E-state index in [1.54, 1.807) is 31.6 Å². The maximum absolute atomic E-state index is 11.6. The van der Waals surface area contributed by atoms with Gasteiger partial charge < -0.3 is 10.1 Å². The average molecular weight is 361 g/mol. The van der Waals surface area contributed by atoms with Crippen LogP contribution >= 0.6 is 11.6 Å². The Morgan fingerprint density at radius 3 is 2.96 bits per heavy atom. The second-order valence-electron chi connectivity index (χ2n) is 6.03. The van der Waals surface area contributed by atoms with Crippen molar-refractivity contribution in [1.82, 2.24) is 20.2 Å². The van der Waals surface area contributed by atoms with Crippen LogP contribution in [0.2, 0.25) is 5.02 Å². The molecule has 25 heavy (non-hydrogen) atoms. The van der Waals surface area contributed by atoms with Gasteiger partial charge in [0.2, 0.25) is 11.8 Å². The number of likely N-dealkylation sites (tertiary alicyclic amines) is 1.